The van der Waals surface area contributed by atoms with Gasteiger partial charge in [-0.15, -0.1) is 0 Å². The Bertz CT molecular complexity index is 840. The van der Waals surface area contributed by atoms with E-state index in [-0.39, 0.29) is 6.54 Å². The predicted molar refractivity (Wildman–Crippen MR) is 97.0 cm³/mol. The van der Waals surface area contributed by atoms with E-state index in [0.29, 0.717) is 32.8 Å². The van der Waals surface area contributed by atoms with Gasteiger partial charge in [0.25, 0.3) is 0 Å². The number of hydrogen-bond donors (Lipinski definition) is 0. The summed E-state index contributed by atoms with van der Waals surface area (Å²) in [5.41, 5.74) is 1.11. The normalized spacial score (nSPS) is 11.2. The van der Waals surface area contributed by atoms with E-state index in [2.05, 4.69) is 0 Å². The van der Waals surface area contributed by atoms with Crippen molar-refractivity contribution in [2.45, 2.75) is 6.54 Å². The van der Waals surface area contributed by atoms with Gasteiger partial charge in [0.15, 0.2) is 0 Å². The minimum atomic E-state index is -3.55. The highest BCUT2D eigenvalue weighted by molar-refractivity contribution is 7.92. The zero-order valence-electron chi connectivity index (χ0n) is 13.4. The molecule has 0 spiro atoms. The molecule has 0 aromatic heterocycles. The Morgan fingerprint density at radius 1 is 1.00 bits per heavy atom. The number of anilines is 1. The lowest BCUT2D eigenvalue weighted by Crippen LogP contribution is -2.29. The summed E-state index contributed by atoms with van der Waals surface area (Å²) in [6, 6.07) is 9.93. The van der Waals surface area contributed by atoms with Crippen LogP contribution in [0, 0.1) is 0 Å². The van der Waals surface area contributed by atoms with E-state index >= 15 is 0 Å². The van der Waals surface area contributed by atoms with Crippen molar-refractivity contribution in [2.75, 3.05) is 24.8 Å². The lowest BCUT2D eigenvalue weighted by Gasteiger charge is -2.25. The van der Waals surface area contributed by atoms with Gasteiger partial charge < -0.3 is 9.47 Å². The molecule has 0 unspecified atom stereocenters. The van der Waals surface area contributed by atoms with Crippen molar-refractivity contribution in [2.24, 2.45) is 0 Å². The smallest absolute Gasteiger partial charge is 0.232 e. The van der Waals surface area contributed by atoms with Crippen molar-refractivity contribution in [3.05, 3.63) is 52.0 Å². The van der Waals surface area contributed by atoms with E-state index in [4.69, 9.17) is 32.7 Å². The van der Waals surface area contributed by atoms with Gasteiger partial charge in [-0.25, -0.2) is 8.42 Å². The standard InChI is InChI=1S/C16H17Cl2NO4S/c1-22-12-5-7-15(16(9-12)23-2)19(24(3,20)21)10-11-4-6-13(17)14(18)8-11/h4-9H,10H2,1-3H3. The maximum Gasteiger partial charge on any atom is 0.232 e. The van der Waals surface area contributed by atoms with Crippen molar-refractivity contribution in [1.29, 1.82) is 0 Å². The first kappa shape index (κ1) is 18.7. The average molecular weight is 390 g/mol. The third-order valence-corrected chi connectivity index (χ3v) is 5.23. The minimum absolute atomic E-state index is 0.0956. The van der Waals surface area contributed by atoms with Crippen LogP contribution in [0.5, 0.6) is 11.5 Å². The van der Waals surface area contributed by atoms with E-state index in [0.717, 1.165) is 6.26 Å². The molecule has 0 saturated heterocycles. The minimum Gasteiger partial charge on any atom is -0.497 e. The number of methoxy groups -OCH3 is 2. The number of rotatable bonds is 6. The fraction of sp³-hybridized carbons (Fsp3) is 0.250. The summed E-state index contributed by atoms with van der Waals surface area (Å²) in [5, 5.41) is 0.776. The van der Waals surface area contributed by atoms with Crippen molar-refractivity contribution >= 4 is 38.9 Å². The van der Waals surface area contributed by atoms with Crippen molar-refractivity contribution in [3.63, 3.8) is 0 Å². The predicted octanol–water partition coefficient (Wildman–Crippen LogP) is 3.98. The quantitative estimate of drug-likeness (QED) is 0.749. The SMILES string of the molecule is COc1ccc(N(Cc2ccc(Cl)c(Cl)c2)S(C)(=O)=O)c(OC)c1. The molecule has 0 bridgehead atoms. The summed E-state index contributed by atoms with van der Waals surface area (Å²) < 4.78 is 36.3. The molecule has 0 N–H and O–H groups in total. The molecule has 0 aliphatic heterocycles. The van der Waals surface area contributed by atoms with Crippen LogP contribution in [0.3, 0.4) is 0 Å². The Balaban J connectivity index is 2.48. The van der Waals surface area contributed by atoms with Gasteiger partial charge in [-0.2, -0.15) is 0 Å². The van der Waals surface area contributed by atoms with Crippen molar-refractivity contribution in [1.82, 2.24) is 0 Å². The van der Waals surface area contributed by atoms with Crippen molar-refractivity contribution in [3.8, 4) is 11.5 Å². The van der Waals surface area contributed by atoms with Gasteiger partial charge in [0.2, 0.25) is 10.0 Å². The first-order valence-electron chi connectivity index (χ1n) is 6.90. The zero-order valence-corrected chi connectivity index (χ0v) is 15.7. The number of benzene rings is 2. The van der Waals surface area contributed by atoms with E-state index in [1.165, 1.54) is 18.5 Å². The summed E-state index contributed by atoms with van der Waals surface area (Å²) in [4.78, 5) is 0. The third kappa shape index (κ3) is 4.26. The summed E-state index contributed by atoms with van der Waals surface area (Å²) >= 11 is 11.9. The molecule has 24 heavy (non-hydrogen) atoms. The van der Waals surface area contributed by atoms with Crippen LogP contribution >= 0.6 is 23.2 Å². The van der Waals surface area contributed by atoms with Gasteiger partial charge in [-0.3, -0.25) is 4.31 Å². The van der Waals surface area contributed by atoms with E-state index in [9.17, 15) is 8.42 Å². The zero-order chi connectivity index (χ0) is 17.9. The molecule has 2 rings (SSSR count). The van der Waals surface area contributed by atoms with Crippen LogP contribution in [0.1, 0.15) is 5.56 Å². The van der Waals surface area contributed by atoms with Crippen molar-refractivity contribution < 1.29 is 17.9 Å². The number of halogens is 2. The Morgan fingerprint density at radius 3 is 2.25 bits per heavy atom. The molecule has 0 atom stereocenters. The van der Waals surface area contributed by atoms with E-state index < -0.39 is 10.0 Å². The highest BCUT2D eigenvalue weighted by Gasteiger charge is 2.22. The largest absolute Gasteiger partial charge is 0.497 e. The molecule has 0 amide bonds. The maximum absolute atomic E-state index is 12.3. The molecule has 2 aromatic carbocycles. The Labute approximate surface area is 151 Å². The number of nitrogens with zero attached hydrogens (tertiary/aromatic N) is 1. The Morgan fingerprint density at radius 2 is 1.71 bits per heavy atom. The molecule has 0 aliphatic rings. The van der Waals surface area contributed by atoms with Crippen LogP contribution in [0.2, 0.25) is 10.0 Å². The average Bonchev–Trinajstić information content (AvgIpc) is 2.54. The van der Waals surface area contributed by atoms with Crippen LogP contribution in [-0.2, 0) is 16.6 Å². The summed E-state index contributed by atoms with van der Waals surface area (Å²) in [7, 11) is -0.558. The molecule has 5 nitrogen and oxygen atoms in total. The van der Waals surface area contributed by atoms with Crippen LogP contribution in [0.15, 0.2) is 36.4 Å². The molecule has 0 fully saturated rings. The summed E-state index contributed by atoms with van der Waals surface area (Å²) in [6.07, 6.45) is 1.13. The van der Waals surface area contributed by atoms with E-state index in [1.54, 1.807) is 36.4 Å². The monoisotopic (exact) mass is 389 g/mol. The summed E-state index contributed by atoms with van der Waals surface area (Å²) in [6.45, 7) is 0.0956. The van der Waals surface area contributed by atoms with Crippen LogP contribution in [0.25, 0.3) is 0 Å². The van der Waals surface area contributed by atoms with Crippen LogP contribution in [0.4, 0.5) is 5.69 Å². The second-order valence-electron chi connectivity index (χ2n) is 5.06. The first-order chi connectivity index (χ1) is 11.3. The maximum atomic E-state index is 12.3. The third-order valence-electron chi connectivity index (χ3n) is 3.37. The molecular formula is C16H17Cl2NO4S. The fourth-order valence-corrected chi connectivity index (χ4v) is 3.39. The van der Waals surface area contributed by atoms with Gasteiger partial charge in [0.1, 0.15) is 11.5 Å². The summed E-state index contributed by atoms with van der Waals surface area (Å²) in [5.74, 6) is 0.957. The molecule has 0 radical (unpaired) electrons. The molecule has 0 heterocycles. The van der Waals surface area contributed by atoms with Gasteiger partial charge in [0, 0.05) is 6.07 Å². The molecule has 2 aromatic rings. The highest BCUT2D eigenvalue weighted by Crippen LogP contribution is 2.35. The number of hydrogen-bond acceptors (Lipinski definition) is 4. The van der Waals surface area contributed by atoms with Crippen LogP contribution in [-0.4, -0.2) is 28.9 Å². The lowest BCUT2D eigenvalue weighted by molar-refractivity contribution is 0.395. The lowest BCUT2D eigenvalue weighted by atomic mass is 10.2. The van der Waals surface area contributed by atoms with E-state index in [1.807, 2.05) is 0 Å². The number of ether oxygens (including phenoxy) is 2. The second-order valence-corrected chi connectivity index (χ2v) is 7.78. The first-order valence-corrected chi connectivity index (χ1v) is 9.50. The molecule has 0 saturated carbocycles. The fourth-order valence-electron chi connectivity index (χ4n) is 2.18. The molecule has 8 heteroatoms. The highest BCUT2D eigenvalue weighted by atomic mass is 35.5. The molecule has 130 valence electrons. The number of sulfonamides is 1. The Kier molecular flexibility index (Phi) is 5.85. The van der Waals surface area contributed by atoms with Gasteiger partial charge in [-0.05, 0) is 29.8 Å². The van der Waals surface area contributed by atoms with Gasteiger partial charge >= 0.3 is 0 Å². The van der Waals surface area contributed by atoms with Gasteiger partial charge in [0.05, 0.1) is 42.8 Å². The van der Waals surface area contributed by atoms with Gasteiger partial charge in [-0.1, -0.05) is 29.3 Å². The topological polar surface area (TPSA) is 55.8 Å². The Hall–Kier alpha value is -1.63. The second kappa shape index (κ2) is 7.51. The molecule has 0 aliphatic carbocycles. The molecular weight excluding hydrogens is 373 g/mol. The van der Waals surface area contributed by atoms with Crippen LogP contribution < -0.4 is 13.8 Å².